The Morgan fingerprint density at radius 3 is 2.60 bits per heavy atom. The van der Waals surface area contributed by atoms with Gasteiger partial charge in [-0.05, 0) is 55.8 Å². The molecule has 1 saturated heterocycles. The largest absolute Gasteiger partial charge is 0.489 e. The quantitative estimate of drug-likeness (QED) is 0.587. The summed E-state index contributed by atoms with van der Waals surface area (Å²) in [6, 6.07) is 14.2. The van der Waals surface area contributed by atoms with E-state index in [-0.39, 0.29) is 18.3 Å². The first-order valence-electron chi connectivity index (χ1n) is 10.4. The van der Waals surface area contributed by atoms with E-state index in [0.717, 1.165) is 38.0 Å². The molecule has 30 heavy (non-hydrogen) atoms. The Morgan fingerprint density at radius 1 is 1.20 bits per heavy atom. The molecule has 3 rings (SSSR count). The lowest BCUT2D eigenvalue weighted by Gasteiger charge is -2.33. The highest BCUT2D eigenvalue weighted by atomic mass is 19.1. The summed E-state index contributed by atoms with van der Waals surface area (Å²) in [5.74, 6) is 0.169. The number of piperidine rings is 1. The summed E-state index contributed by atoms with van der Waals surface area (Å²) in [4.78, 5) is 13.6. The maximum absolute atomic E-state index is 13.0. The molecule has 0 radical (unpaired) electrons. The molecular weight excluding hydrogens is 385 g/mol. The molecule has 0 saturated carbocycles. The zero-order valence-electron chi connectivity index (χ0n) is 17.3. The number of hydrogen-bond acceptors (Lipinski definition) is 5. The molecule has 1 atom stereocenters. The van der Waals surface area contributed by atoms with Crippen molar-refractivity contribution in [2.45, 2.75) is 38.5 Å². The van der Waals surface area contributed by atoms with E-state index >= 15 is 0 Å². The molecular formula is C23H30FN3O3. The summed E-state index contributed by atoms with van der Waals surface area (Å²) in [5, 5.41) is 16.4. The van der Waals surface area contributed by atoms with E-state index in [1.54, 1.807) is 12.1 Å². The number of aliphatic hydroxyl groups is 1. The second-order valence-corrected chi connectivity index (χ2v) is 7.73. The van der Waals surface area contributed by atoms with E-state index in [1.807, 2.05) is 24.3 Å². The Kier molecular flexibility index (Phi) is 8.19. The van der Waals surface area contributed by atoms with Gasteiger partial charge in [0.05, 0.1) is 5.69 Å². The molecule has 0 aliphatic carbocycles. The van der Waals surface area contributed by atoms with Crippen LogP contribution in [0.2, 0.25) is 0 Å². The Bertz CT molecular complexity index is 808. The molecule has 3 N–H and O–H groups in total. The molecule has 1 amide bonds. The first-order valence-corrected chi connectivity index (χ1v) is 10.4. The second kappa shape index (κ2) is 11.1. The van der Waals surface area contributed by atoms with Crippen LogP contribution in [0.4, 0.5) is 10.1 Å². The predicted octanol–water partition coefficient (Wildman–Crippen LogP) is 2.78. The van der Waals surface area contributed by atoms with Crippen molar-refractivity contribution >= 4 is 11.6 Å². The van der Waals surface area contributed by atoms with Crippen LogP contribution in [0.1, 0.15) is 25.3 Å². The number of nitrogens with zero attached hydrogens (tertiary/aromatic N) is 1. The van der Waals surface area contributed by atoms with Crippen LogP contribution in [-0.4, -0.2) is 54.3 Å². The van der Waals surface area contributed by atoms with E-state index in [9.17, 15) is 14.3 Å². The summed E-state index contributed by atoms with van der Waals surface area (Å²) >= 11 is 0. The fraction of sp³-hybridized carbons (Fsp3) is 0.435. The van der Waals surface area contributed by atoms with Gasteiger partial charge in [0.25, 0.3) is 0 Å². The van der Waals surface area contributed by atoms with Crippen LogP contribution in [0.15, 0.2) is 48.5 Å². The Balaban J connectivity index is 1.35. The van der Waals surface area contributed by atoms with Gasteiger partial charge in [-0.2, -0.15) is 0 Å². The molecule has 1 aliphatic rings. The number of nitrogens with one attached hydrogen (secondary N) is 2. The summed E-state index contributed by atoms with van der Waals surface area (Å²) in [6.07, 6.45) is 1.35. The number of benzene rings is 2. The molecule has 0 aromatic heterocycles. The normalized spacial score (nSPS) is 16.2. The average molecular weight is 416 g/mol. The third-order valence-electron chi connectivity index (χ3n) is 5.18. The van der Waals surface area contributed by atoms with Crippen LogP contribution in [0.5, 0.6) is 5.75 Å². The number of hydrogen-bond donors (Lipinski definition) is 3. The monoisotopic (exact) mass is 415 g/mol. The van der Waals surface area contributed by atoms with Gasteiger partial charge in [0, 0.05) is 26.1 Å². The average Bonchev–Trinajstić information content (AvgIpc) is 2.74. The van der Waals surface area contributed by atoms with Gasteiger partial charge in [-0.1, -0.05) is 24.3 Å². The fourth-order valence-corrected chi connectivity index (χ4v) is 3.58. The van der Waals surface area contributed by atoms with E-state index in [1.165, 1.54) is 19.1 Å². The van der Waals surface area contributed by atoms with Gasteiger partial charge in [0.1, 0.15) is 24.3 Å². The van der Waals surface area contributed by atoms with Crippen molar-refractivity contribution < 1.29 is 19.0 Å². The highest BCUT2D eigenvalue weighted by Gasteiger charge is 2.20. The smallest absolute Gasteiger partial charge is 0.221 e. The molecule has 2 aromatic rings. The van der Waals surface area contributed by atoms with Crippen molar-refractivity contribution in [2.75, 3.05) is 31.6 Å². The van der Waals surface area contributed by atoms with E-state index in [0.29, 0.717) is 24.0 Å². The number of carbonyl (C=O) groups is 1. The Labute approximate surface area is 177 Å². The number of anilines is 1. The third kappa shape index (κ3) is 7.09. The lowest BCUT2D eigenvalue weighted by atomic mass is 10.0. The van der Waals surface area contributed by atoms with E-state index < -0.39 is 6.10 Å². The number of rotatable bonds is 9. The van der Waals surface area contributed by atoms with Crippen molar-refractivity contribution in [1.29, 1.82) is 0 Å². The first-order chi connectivity index (χ1) is 14.5. The van der Waals surface area contributed by atoms with Crippen LogP contribution in [0, 0.1) is 5.82 Å². The lowest BCUT2D eigenvalue weighted by Crippen LogP contribution is -2.45. The maximum atomic E-state index is 13.0. The minimum Gasteiger partial charge on any atom is -0.489 e. The SMILES string of the molecule is CC(=O)Nc1ccccc1OCC(O)CNC1CCN(Cc2ccc(F)cc2)CC1. The highest BCUT2D eigenvalue weighted by molar-refractivity contribution is 5.90. The number of para-hydroxylation sites is 2. The third-order valence-corrected chi connectivity index (χ3v) is 5.18. The number of carbonyl (C=O) groups excluding carboxylic acids is 1. The summed E-state index contributed by atoms with van der Waals surface area (Å²) in [7, 11) is 0. The fourth-order valence-electron chi connectivity index (χ4n) is 3.58. The molecule has 6 nitrogen and oxygen atoms in total. The topological polar surface area (TPSA) is 73.8 Å². The minimum absolute atomic E-state index is 0.146. The molecule has 7 heteroatoms. The van der Waals surface area contributed by atoms with Gasteiger partial charge >= 0.3 is 0 Å². The van der Waals surface area contributed by atoms with Crippen molar-refractivity contribution in [3.05, 3.63) is 59.9 Å². The van der Waals surface area contributed by atoms with Crippen molar-refractivity contribution in [1.82, 2.24) is 10.2 Å². The van der Waals surface area contributed by atoms with E-state index in [4.69, 9.17) is 4.74 Å². The molecule has 1 unspecified atom stereocenters. The molecule has 1 heterocycles. The first kappa shape index (κ1) is 22.2. The van der Waals surface area contributed by atoms with Gasteiger partial charge in [-0.25, -0.2) is 4.39 Å². The zero-order valence-corrected chi connectivity index (χ0v) is 17.3. The van der Waals surface area contributed by atoms with Crippen LogP contribution in [-0.2, 0) is 11.3 Å². The van der Waals surface area contributed by atoms with Gasteiger partial charge in [-0.3, -0.25) is 9.69 Å². The number of likely N-dealkylation sites (tertiary alicyclic amines) is 1. The van der Waals surface area contributed by atoms with Gasteiger partial charge < -0.3 is 20.5 Å². The molecule has 2 aromatic carbocycles. The van der Waals surface area contributed by atoms with Crippen LogP contribution in [0.25, 0.3) is 0 Å². The van der Waals surface area contributed by atoms with E-state index in [2.05, 4.69) is 15.5 Å². The van der Waals surface area contributed by atoms with Crippen molar-refractivity contribution in [3.8, 4) is 5.75 Å². The number of aliphatic hydroxyl groups excluding tert-OH is 1. The molecule has 1 fully saturated rings. The standard InChI is InChI=1S/C23H30FN3O3/c1-17(28)26-22-4-2-3-5-23(22)30-16-21(29)14-25-20-10-12-27(13-11-20)15-18-6-8-19(24)9-7-18/h2-9,20-21,25,29H,10-16H2,1H3,(H,26,28). The summed E-state index contributed by atoms with van der Waals surface area (Å²) < 4.78 is 18.7. The lowest BCUT2D eigenvalue weighted by molar-refractivity contribution is -0.114. The van der Waals surface area contributed by atoms with Crippen molar-refractivity contribution in [2.24, 2.45) is 0 Å². The molecule has 0 spiro atoms. The molecule has 162 valence electrons. The Morgan fingerprint density at radius 2 is 1.90 bits per heavy atom. The van der Waals surface area contributed by atoms with Crippen LogP contribution < -0.4 is 15.4 Å². The number of amides is 1. The van der Waals surface area contributed by atoms with Gasteiger partial charge in [0.2, 0.25) is 5.91 Å². The molecule has 1 aliphatic heterocycles. The number of ether oxygens (including phenoxy) is 1. The summed E-state index contributed by atoms with van der Waals surface area (Å²) in [5.41, 5.74) is 1.72. The molecule has 0 bridgehead atoms. The van der Waals surface area contributed by atoms with Crippen molar-refractivity contribution in [3.63, 3.8) is 0 Å². The summed E-state index contributed by atoms with van der Waals surface area (Å²) in [6.45, 7) is 4.80. The number of halogens is 1. The van der Waals surface area contributed by atoms with Crippen LogP contribution in [0.3, 0.4) is 0 Å². The zero-order chi connectivity index (χ0) is 21.3. The Hall–Kier alpha value is -2.48. The van der Waals surface area contributed by atoms with Gasteiger partial charge in [-0.15, -0.1) is 0 Å². The highest BCUT2D eigenvalue weighted by Crippen LogP contribution is 2.23. The van der Waals surface area contributed by atoms with Crippen LogP contribution >= 0.6 is 0 Å². The minimum atomic E-state index is -0.646. The maximum Gasteiger partial charge on any atom is 0.221 e. The van der Waals surface area contributed by atoms with Gasteiger partial charge in [0.15, 0.2) is 0 Å². The second-order valence-electron chi connectivity index (χ2n) is 7.73. The predicted molar refractivity (Wildman–Crippen MR) is 115 cm³/mol.